The molecule has 0 aliphatic heterocycles. The molecular formula is C17H23NO3. The van der Waals surface area contributed by atoms with E-state index in [4.69, 9.17) is 9.94 Å². The van der Waals surface area contributed by atoms with Gasteiger partial charge >= 0.3 is 5.97 Å². The highest BCUT2D eigenvalue weighted by atomic mass is 16.5. The first-order valence-corrected chi connectivity index (χ1v) is 7.63. The van der Waals surface area contributed by atoms with Gasteiger partial charge in [-0.15, -0.1) is 0 Å². The highest BCUT2D eigenvalue weighted by Crippen LogP contribution is 2.34. The van der Waals surface area contributed by atoms with Crippen LogP contribution in [-0.4, -0.2) is 16.9 Å². The highest BCUT2D eigenvalue weighted by molar-refractivity contribution is 5.84. The van der Waals surface area contributed by atoms with Crippen molar-refractivity contribution in [1.29, 1.82) is 0 Å². The summed E-state index contributed by atoms with van der Waals surface area (Å²) in [6.07, 6.45) is 5.60. The smallest absolute Gasteiger partial charge is 0.308 e. The molecule has 1 atom stereocenters. The van der Waals surface area contributed by atoms with Gasteiger partial charge in [0.25, 0.3) is 0 Å². The van der Waals surface area contributed by atoms with Gasteiger partial charge in [-0.05, 0) is 55.2 Å². The summed E-state index contributed by atoms with van der Waals surface area (Å²) in [7, 11) is 0. The van der Waals surface area contributed by atoms with Crippen LogP contribution in [0.25, 0.3) is 0 Å². The molecule has 0 saturated heterocycles. The normalized spacial score (nSPS) is 18.2. The Morgan fingerprint density at radius 1 is 1.48 bits per heavy atom. The molecule has 0 fully saturated rings. The molecule has 0 heterocycles. The molecule has 114 valence electrons. The van der Waals surface area contributed by atoms with Crippen molar-refractivity contribution in [3.05, 3.63) is 29.3 Å². The van der Waals surface area contributed by atoms with Crippen LogP contribution in [0.1, 0.15) is 50.7 Å². The molecule has 4 heteroatoms. The fraction of sp³-hybridized carbons (Fsp3) is 0.529. The molecule has 21 heavy (non-hydrogen) atoms. The third-order valence-corrected chi connectivity index (χ3v) is 4.00. The molecule has 1 aromatic rings. The minimum absolute atomic E-state index is 0.275. The van der Waals surface area contributed by atoms with Gasteiger partial charge in [-0.1, -0.05) is 30.6 Å². The van der Waals surface area contributed by atoms with Crippen molar-refractivity contribution in [3.8, 4) is 5.75 Å². The van der Waals surface area contributed by atoms with Gasteiger partial charge in [0.15, 0.2) is 0 Å². The molecule has 1 unspecified atom stereocenters. The zero-order chi connectivity index (χ0) is 15.2. The number of nitrogens with zero attached hydrogens (tertiary/aromatic N) is 1. The van der Waals surface area contributed by atoms with E-state index in [2.05, 4.69) is 18.1 Å². The maximum absolute atomic E-state index is 11.2. The third kappa shape index (κ3) is 4.06. The topological polar surface area (TPSA) is 58.9 Å². The van der Waals surface area contributed by atoms with E-state index in [9.17, 15) is 4.79 Å². The van der Waals surface area contributed by atoms with Gasteiger partial charge in [-0.25, -0.2) is 0 Å². The number of hydrogen-bond donors (Lipinski definition) is 1. The van der Waals surface area contributed by atoms with Crippen LogP contribution in [-0.2, 0) is 17.6 Å². The Bertz CT molecular complexity index is 537. The van der Waals surface area contributed by atoms with E-state index in [1.54, 1.807) is 0 Å². The largest absolute Gasteiger partial charge is 0.426 e. The van der Waals surface area contributed by atoms with Crippen LogP contribution in [0.5, 0.6) is 5.75 Å². The number of ether oxygens (including phenoxy) is 1. The Balaban J connectivity index is 2.09. The molecule has 0 saturated carbocycles. The van der Waals surface area contributed by atoms with Crippen LogP contribution >= 0.6 is 0 Å². The van der Waals surface area contributed by atoms with Crippen molar-refractivity contribution in [3.63, 3.8) is 0 Å². The summed E-state index contributed by atoms with van der Waals surface area (Å²) >= 11 is 0. The lowest BCUT2D eigenvalue weighted by molar-refractivity contribution is -0.131. The molecule has 2 rings (SSSR count). The van der Waals surface area contributed by atoms with E-state index in [1.807, 2.05) is 12.1 Å². The van der Waals surface area contributed by atoms with Gasteiger partial charge in [0, 0.05) is 6.92 Å². The summed E-state index contributed by atoms with van der Waals surface area (Å²) in [5.74, 6) is 0.925. The quantitative estimate of drug-likeness (QED) is 0.295. The molecule has 1 N–H and O–H groups in total. The first-order valence-electron chi connectivity index (χ1n) is 7.63. The fourth-order valence-electron chi connectivity index (χ4n) is 3.09. The lowest BCUT2D eigenvalue weighted by Crippen LogP contribution is -2.19. The third-order valence-electron chi connectivity index (χ3n) is 4.00. The fourth-order valence-corrected chi connectivity index (χ4v) is 3.09. The van der Waals surface area contributed by atoms with Crippen LogP contribution in [0.15, 0.2) is 23.4 Å². The first kappa shape index (κ1) is 15.5. The van der Waals surface area contributed by atoms with Gasteiger partial charge in [-0.3, -0.25) is 4.79 Å². The summed E-state index contributed by atoms with van der Waals surface area (Å²) in [5.41, 5.74) is 3.29. The predicted octanol–water partition coefficient (Wildman–Crippen LogP) is 3.74. The van der Waals surface area contributed by atoms with Crippen LogP contribution in [0.4, 0.5) is 0 Å². The average molecular weight is 289 g/mol. The number of benzene rings is 1. The van der Waals surface area contributed by atoms with Crippen molar-refractivity contribution in [2.75, 3.05) is 0 Å². The Hall–Kier alpha value is -1.84. The Kier molecular flexibility index (Phi) is 5.37. The van der Waals surface area contributed by atoms with E-state index in [-0.39, 0.29) is 5.97 Å². The van der Waals surface area contributed by atoms with E-state index in [1.165, 1.54) is 12.5 Å². The molecular weight excluding hydrogens is 266 g/mol. The van der Waals surface area contributed by atoms with Crippen LogP contribution in [0.3, 0.4) is 0 Å². The maximum Gasteiger partial charge on any atom is 0.308 e. The van der Waals surface area contributed by atoms with Crippen LogP contribution < -0.4 is 4.74 Å². The molecule has 1 aliphatic rings. The Morgan fingerprint density at radius 2 is 2.29 bits per heavy atom. The summed E-state index contributed by atoms with van der Waals surface area (Å²) in [4.78, 5) is 11.2. The number of carbonyl (C=O) groups excluding carboxylic acids is 1. The van der Waals surface area contributed by atoms with Gasteiger partial charge < -0.3 is 9.94 Å². The van der Waals surface area contributed by atoms with Gasteiger partial charge in [0.1, 0.15) is 5.75 Å². The van der Waals surface area contributed by atoms with Crippen LogP contribution in [0, 0.1) is 5.92 Å². The predicted molar refractivity (Wildman–Crippen MR) is 82.0 cm³/mol. The summed E-state index contributed by atoms with van der Waals surface area (Å²) in [6.45, 7) is 3.52. The van der Waals surface area contributed by atoms with Gasteiger partial charge in [0.2, 0.25) is 0 Å². The standard InChI is InChI=1S/C17H23NO3/c1-3-5-15(18-20)11-13-8-9-16-14(10-13)6-4-7-17(16)21-12(2)19/h4,6-7,13,20H,3,5,8-11H2,1-2H3. The summed E-state index contributed by atoms with van der Waals surface area (Å²) in [5, 5.41) is 12.5. The Labute approximate surface area is 125 Å². The van der Waals surface area contributed by atoms with Crippen molar-refractivity contribution in [2.45, 2.75) is 52.4 Å². The number of carbonyl (C=O) groups is 1. The van der Waals surface area contributed by atoms with Crippen LogP contribution in [0.2, 0.25) is 0 Å². The average Bonchev–Trinajstić information content (AvgIpc) is 2.46. The van der Waals surface area contributed by atoms with Gasteiger partial charge in [0.05, 0.1) is 5.71 Å². The number of hydrogen-bond acceptors (Lipinski definition) is 4. The summed E-state index contributed by atoms with van der Waals surface area (Å²) < 4.78 is 5.29. The minimum Gasteiger partial charge on any atom is -0.426 e. The SMILES string of the molecule is CCCC(CC1CCc2c(cccc2OC(C)=O)C1)=NO. The van der Waals surface area contributed by atoms with Crippen molar-refractivity contribution < 1.29 is 14.7 Å². The lowest BCUT2D eigenvalue weighted by Gasteiger charge is -2.26. The van der Waals surface area contributed by atoms with Crippen molar-refractivity contribution >= 4 is 11.7 Å². The number of esters is 1. The number of fused-ring (bicyclic) bond motifs is 1. The van der Waals surface area contributed by atoms with Crippen molar-refractivity contribution in [2.24, 2.45) is 11.1 Å². The second-order valence-corrected chi connectivity index (χ2v) is 5.72. The molecule has 4 nitrogen and oxygen atoms in total. The minimum atomic E-state index is -0.275. The first-order chi connectivity index (χ1) is 10.1. The monoisotopic (exact) mass is 289 g/mol. The molecule has 0 bridgehead atoms. The zero-order valence-corrected chi connectivity index (χ0v) is 12.8. The lowest BCUT2D eigenvalue weighted by atomic mass is 9.80. The van der Waals surface area contributed by atoms with E-state index < -0.39 is 0 Å². The zero-order valence-electron chi connectivity index (χ0n) is 12.8. The number of oxime groups is 1. The van der Waals surface area contributed by atoms with Gasteiger partial charge in [-0.2, -0.15) is 0 Å². The summed E-state index contributed by atoms with van der Waals surface area (Å²) in [6, 6.07) is 5.90. The van der Waals surface area contributed by atoms with E-state index in [0.29, 0.717) is 11.7 Å². The molecule has 0 aromatic heterocycles. The molecule has 0 spiro atoms. The molecule has 0 radical (unpaired) electrons. The molecule has 1 aromatic carbocycles. The number of rotatable bonds is 5. The second kappa shape index (κ2) is 7.25. The van der Waals surface area contributed by atoms with Crippen molar-refractivity contribution in [1.82, 2.24) is 0 Å². The second-order valence-electron chi connectivity index (χ2n) is 5.72. The van der Waals surface area contributed by atoms with E-state index in [0.717, 1.165) is 49.8 Å². The Morgan fingerprint density at radius 3 is 2.95 bits per heavy atom. The molecule has 0 amide bonds. The maximum atomic E-state index is 11.2. The van der Waals surface area contributed by atoms with E-state index >= 15 is 0 Å². The highest BCUT2D eigenvalue weighted by Gasteiger charge is 2.23. The molecule has 1 aliphatic carbocycles.